The third-order valence-corrected chi connectivity index (χ3v) is 9.27. The summed E-state index contributed by atoms with van der Waals surface area (Å²) in [6.45, 7) is 2.91. The van der Waals surface area contributed by atoms with E-state index < -0.39 is 17.3 Å². The maximum Gasteiger partial charge on any atom is 0.417 e. The third-order valence-electron chi connectivity index (χ3n) is 9.27. The van der Waals surface area contributed by atoms with Crippen LogP contribution in [0.15, 0.2) is 109 Å². The monoisotopic (exact) mass is 617 g/mol. The molecule has 7 heteroatoms. The van der Waals surface area contributed by atoms with Gasteiger partial charge in [0, 0.05) is 40.9 Å². The Morgan fingerprint density at radius 3 is 1.89 bits per heavy atom. The first kappa shape index (κ1) is 28.5. The van der Waals surface area contributed by atoms with Gasteiger partial charge in [-0.25, -0.2) is 0 Å². The number of hydrogen-bond acceptors (Lipinski definition) is 4. The lowest BCUT2D eigenvalue weighted by Crippen LogP contribution is -2.37. The quantitative estimate of drug-likeness (QED) is 0.185. The van der Waals surface area contributed by atoms with Gasteiger partial charge >= 0.3 is 6.18 Å². The molecule has 4 nitrogen and oxygen atoms in total. The van der Waals surface area contributed by atoms with Crippen molar-refractivity contribution in [3.8, 4) is 11.5 Å². The molecule has 1 saturated heterocycles. The summed E-state index contributed by atoms with van der Waals surface area (Å²) in [4.78, 5) is 2.26. The molecule has 6 aromatic rings. The van der Waals surface area contributed by atoms with Crippen LogP contribution in [0.3, 0.4) is 0 Å². The third kappa shape index (κ3) is 4.49. The van der Waals surface area contributed by atoms with Gasteiger partial charge in [-0.15, -0.1) is 0 Å². The molecule has 0 N–H and O–H groups in total. The number of ether oxygens (including phenoxy) is 3. The molecule has 1 atom stereocenters. The number of morpholine rings is 1. The number of rotatable bonds is 4. The Balaban J connectivity index is 1.42. The molecule has 2 aliphatic heterocycles. The average molecular weight is 618 g/mol. The maximum atomic E-state index is 14.8. The molecule has 0 saturated carbocycles. The Labute approximate surface area is 264 Å². The predicted molar refractivity (Wildman–Crippen MR) is 177 cm³/mol. The topological polar surface area (TPSA) is 30.9 Å². The van der Waals surface area contributed by atoms with Gasteiger partial charge in [-0.05, 0) is 69.4 Å². The van der Waals surface area contributed by atoms with Crippen molar-refractivity contribution in [3.63, 3.8) is 0 Å². The summed E-state index contributed by atoms with van der Waals surface area (Å²) in [6, 6.07) is 32.4. The van der Waals surface area contributed by atoms with Crippen LogP contribution in [0.2, 0.25) is 0 Å². The Bertz CT molecular complexity index is 2130. The molecule has 0 aliphatic carbocycles. The van der Waals surface area contributed by atoms with E-state index in [0.717, 1.165) is 51.4 Å². The number of anilines is 1. The van der Waals surface area contributed by atoms with E-state index in [2.05, 4.69) is 4.90 Å². The van der Waals surface area contributed by atoms with Gasteiger partial charge in [0.2, 0.25) is 0 Å². The molecule has 0 aromatic heterocycles. The standard InChI is InChI=1S/C39H30F3NO3/c1-44-28-16-12-26(13-17-28)38(25-10-14-27(15-11-25)43-20-22-45-23-21-43)19-18-33-35(39(40,41)42)24-34-31-8-3-2-6-29(31)30-7-4-5-9-32(30)36(34)37(33)46-38/h2-19,24H,20-23H2,1H3. The van der Waals surface area contributed by atoms with Crippen LogP contribution in [-0.4, -0.2) is 33.4 Å². The molecule has 2 heterocycles. The summed E-state index contributed by atoms with van der Waals surface area (Å²) < 4.78 is 62.6. The molecule has 1 fully saturated rings. The van der Waals surface area contributed by atoms with E-state index in [0.29, 0.717) is 29.7 Å². The molecule has 1 unspecified atom stereocenters. The minimum atomic E-state index is -4.60. The number of nitrogens with zero attached hydrogens (tertiary/aromatic N) is 1. The van der Waals surface area contributed by atoms with Crippen LogP contribution in [0.5, 0.6) is 11.5 Å². The van der Waals surface area contributed by atoms with Crippen LogP contribution >= 0.6 is 0 Å². The van der Waals surface area contributed by atoms with Gasteiger partial charge < -0.3 is 19.1 Å². The zero-order valence-electron chi connectivity index (χ0n) is 25.1. The van der Waals surface area contributed by atoms with Crippen LogP contribution in [-0.2, 0) is 16.5 Å². The number of benzene rings is 6. The molecular weight excluding hydrogens is 587 g/mol. The number of halogens is 3. The summed E-state index contributed by atoms with van der Waals surface area (Å²) in [7, 11) is 1.60. The van der Waals surface area contributed by atoms with Crippen LogP contribution in [0.25, 0.3) is 38.4 Å². The minimum Gasteiger partial charge on any atom is -0.497 e. The highest BCUT2D eigenvalue weighted by Gasteiger charge is 2.42. The molecule has 230 valence electrons. The van der Waals surface area contributed by atoms with Gasteiger partial charge in [-0.2, -0.15) is 13.2 Å². The van der Waals surface area contributed by atoms with Gasteiger partial charge in [0.05, 0.1) is 25.9 Å². The van der Waals surface area contributed by atoms with E-state index in [4.69, 9.17) is 14.2 Å². The summed E-state index contributed by atoms with van der Waals surface area (Å²) in [6.07, 6.45) is -1.25. The van der Waals surface area contributed by atoms with Crippen molar-refractivity contribution >= 4 is 44.1 Å². The first-order chi connectivity index (χ1) is 22.4. The van der Waals surface area contributed by atoms with Crippen molar-refractivity contribution in [1.29, 1.82) is 0 Å². The SMILES string of the molecule is COc1ccc(C2(c3ccc(N4CCOCC4)cc3)C=Cc3c(C(F)(F)F)cc4c5ccccc5c5ccccc5c4c3O2)cc1. The van der Waals surface area contributed by atoms with E-state index in [1.807, 2.05) is 97.1 Å². The number of methoxy groups -OCH3 is 1. The molecule has 0 amide bonds. The van der Waals surface area contributed by atoms with Crippen molar-refractivity contribution < 1.29 is 27.4 Å². The molecule has 0 spiro atoms. The second-order valence-electron chi connectivity index (χ2n) is 11.7. The van der Waals surface area contributed by atoms with Crippen molar-refractivity contribution in [1.82, 2.24) is 0 Å². The Morgan fingerprint density at radius 1 is 0.717 bits per heavy atom. The molecule has 6 aromatic carbocycles. The second-order valence-corrected chi connectivity index (χ2v) is 11.7. The first-order valence-electron chi connectivity index (χ1n) is 15.3. The number of alkyl halides is 3. The van der Waals surface area contributed by atoms with E-state index in [-0.39, 0.29) is 11.3 Å². The van der Waals surface area contributed by atoms with Crippen LogP contribution < -0.4 is 14.4 Å². The smallest absolute Gasteiger partial charge is 0.417 e. The van der Waals surface area contributed by atoms with Gasteiger partial charge in [-0.3, -0.25) is 0 Å². The van der Waals surface area contributed by atoms with Crippen molar-refractivity contribution in [2.24, 2.45) is 0 Å². The minimum absolute atomic E-state index is 0.0227. The Hall–Kier alpha value is -5.01. The number of hydrogen-bond donors (Lipinski definition) is 0. The Morgan fingerprint density at radius 2 is 1.28 bits per heavy atom. The first-order valence-corrected chi connectivity index (χ1v) is 15.3. The highest BCUT2D eigenvalue weighted by atomic mass is 19.4. The van der Waals surface area contributed by atoms with E-state index in [9.17, 15) is 13.2 Å². The lowest BCUT2D eigenvalue weighted by atomic mass is 9.81. The number of fused-ring (bicyclic) bond motifs is 8. The Kier molecular flexibility index (Phi) is 6.69. The summed E-state index contributed by atoms with van der Waals surface area (Å²) in [5, 5.41) is 4.59. The van der Waals surface area contributed by atoms with Crippen molar-refractivity contribution in [3.05, 3.63) is 131 Å². The van der Waals surface area contributed by atoms with Gasteiger partial charge in [0.25, 0.3) is 0 Å². The van der Waals surface area contributed by atoms with Gasteiger partial charge in [0.15, 0.2) is 5.60 Å². The molecule has 2 aliphatic rings. The highest BCUT2D eigenvalue weighted by Crippen LogP contribution is 2.52. The van der Waals surface area contributed by atoms with Gasteiger partial charge in [0.1, 0.15) is 11.5 Å². The largest absolute Gasteiger partial charge is 0.497 e. The zero-order chi connectivity index (χ0) is 31.5. The fourth-order valence-electron chi connectivity index (χ4n) is 7.00. The van der Waals surface area contributed by atoms with E-state index >= 15 is 0 Å². The van der Waals surface area contributed by atoms with Crippen LogP contribution in [0.1, 0.15) is 22.3 Å². The van der Waals surface area contributed by atoms with Gasteiger partial charge in [-0.1, -0.05) is 72.8 Å². The molecule has 0 radical (unpaired) electrons. The highest BCUT2D eigenvalue weighted by molar-refractivity contribution is 6.27. The molecule has 0 bridgehead atoms. The zero-order valence-corrected chi connectivity index (χ0v) is 25.1. The summed E-state index contributed by atoms with van der Waals surface area (Å²) in [5.74, 6) is 0.881. The average Bonchev–Trinajstić information content (AvgIpc) is 3.11. The fraction of sp³-hybridized carbons (Fsp3) is 0.179. The van der Waals surface area contributed by atoms with Crippen molar-refractivity contribution in [2.45, 2.75) is 11.8 Å². The predicted octanol–water partition coefficient (Wildman–Crippen LogP) is 9.36. The lowest BCUT2D eigenvalue weighted by molar-refractivity contribution is -0.137. The maximum absolute atomic E-state index is 14.8. The molecular formula is C39H30F3NO3. The van der Waals surface area contributed by atoms with Crippen LogP contribution in [0, 0.1) is 0 Å². The summed E-state index contributed by atoms with van der Waals surface area (Å²) in [5.41, 5.74) is 0.705. The lowest BCUT2D eigenvalue weighted by Gasteiger charge is -2.38. The molecule has 8 rings (SSSR count). The van der Waals surface area contributed by atoms with E-state index in [1.54, 1.807) is 19.3 Å². The molecule has 46 heavy (non-hydrogen) atoms. The van der Waals surface area contributed by atoms with Crippen molar-refractivity contribution in [2.75, 3.05) is 38.3 Å². The normalized spacial score (nSPS) is 18.1. The van der Waals surface area contributed by atoms with E-state index in [1.165, 1.54) is 6.07 Å². The second kappa shape index (κ2) is 10.8. The fourth-order valence-corrected chi connectivity index (χ4v) is 7.00. The van der Waals surface area contributed by atoms with Crippen LogP contribution in [0.4, 0.5) is 18.9 Å². The summed E-state index contributed by atoms with van der Waals surface area (Å²) >= 11 is 0.